The molecule has 2 nitrogen and oxygen atoms in total. The first kappa shape index (κ1) is 14.6. The number of hydrogen-bond acceptors (Lipinski definition) is 2. The van der Waals surface area contributed by atoms with E-state index in [1.807, 2.05) is 0 Å². The van der Waals surface area contributed by atoms with Crippen LogP contribution < -0.4 is 0 Å². The van der Waals surface area contributed by atoms with Crippen molar-refractivity contribution in [2.45, 2.75) is 32.0 Å². The van der Waals surface area contributed by atoms with E-state index in [1.165, 1.54) is 0 Å². The average Bonchev–Trinajstić information content (AvgIpc) is 2.10. The molecule has 0 saturated carbocycles. The van der Waals surface area contributed by atoms with E-state index in [0.29, 0.717) is 11.6 Å². The Labute approximate surface area is 98.1 Å². The molecule has 4 heteroatoms. The molecule has 86 valence electrons. The first-order valence-corrected chi connectivity index (χ1v) is 9.23. The smallest absolute Gasteiger partial charge is 0.0700 e. The maximum Gasteiger partial charge on any atom is 0.0700 e. The Kier molecular flexibility index (Phi) is 8.20. The summed E-state index contributed by atoms with van der Waals surface area (Å²) in [6, 6.07) is 0. The molecule has 0 atom stereocenters. The van der Waals surface area contributed by atoms with Gasteiger partial charge in [0, 0.05) is 20.7 Å². The van der Waals surface area contributed by atoms with Gasteiger partial charge in [0.2, 0.25) is 0 Å². The van der Waals surface area contributed by atoms with Crippen LogP contribution in [0.5, 0.6) is 0 Å². The zero-order valence-corrected chi connectivity index (χ0v) is 12.5. The molecule has 0 aromatic carbocycles. The minimum atomic E-state index is -0.618. The van der Waals surface area contributed by atoms with E-state index in [-0.39, 0.29) is 0 Å². The first-order chi connectivity index (χ1) is 6.50. The second kappa shape index (κ2) is 7.85. The molecule has 0 unspecified atom stereocenters. The van der Waals surface area contributed by atoms with Gasteiger partial charge in [-0.25, -0.2) is 0 Å². The Bertz CT molecular complexity index is 140. The predicted octanol–water partition coefficient (Wildman–Crippen LogP) is 2.68. The summed E-state index contributed by atoms with van der Waals surface area (Å²) < 4.78 is 10.9. The van der Waals surface area contributed by atoms with Gasteiger partial charge in [0.15, 0.2) is 0 Å². The Balaban J connectivity index is 3.35. The summed E-state index contributed by atoms with van der Waals surface area (Å²) in [6.45, 7) is 12.4. The maximum absolute atomic E-state index is 5.60. The summed E-state index contributed by atoms with van der Waals surface area (Å²) in [5.74, 6) is 0. The Hall–Kier alpha value is 0.617. The fourth-order valence-electron chi connectivity index (χ4n) is 0.776. The second-order valence-corrected chi connectivity index (χ2v) is 9.16. The highest BCUT2D eigenvalue weighted by Crippen LogP contribution is 2.27. The molecule has 0 aliphatic heterocycles. The molecule has 0 N–H and O–H groups in total. The van der Waals surface area contributed by atoms with Crippen molar-refractivity contribution in [3.8, 4) is 0 Å². The molecule has 0 amide bonds. The molecule has 0 aromatic rings. The molecule has 0 aliphatic carbocycles. The number of hydrogen-bond donors (Lipinski definition) is 0. The zero-order chi connectivity index (χ0) is 11.0. The highest BCUT2D eigenvalue weighted by atomic mass is 79.9. The summed E-state index contributed by atoms with van der Waals surface area (Å²) in [7, 11) is -0.618. The summed E-state index contributed by atoms with van der Waals surface area (Å²) in [6.07, 6.45) is 0. The lowest BCUT2D eigenvalue weighted by molar-refractivity contribution is 0.0450. The van der Waals surface area contributed by atoms with Gasteiger partial charge < -0.3 is 9.47 Å². The van der Waals surface area contributed by atoms with Crippen LogP contribution in [0.25, 0.3) is 0 Å². The monoisotopic (exact) mass is 282 g/mol. The number of rotatable bonds is 8. The van der Waals surface area contributed by atoms with Crippen LogP contribution in [-0.4, -0.2) is 40.6 Å². The fourth-order valence-corrected chi connectivity index (χ4v) is 1.46. The van der Waals surface area contributed by atoms with Crippen LogP contribution >= 0.6 is 15.9 Å². The minimum absolute atomic E-state index is 0.398. The summed E-state index contributed by atoms with van der Waals surface area (Å²) >= 11 is 3.31. The number of halogens is 1. The Morgan fingerprint density at radius 1 is 1.07 bits per heavy atom. The van der Waals surface area contributed by atoms with E-state index >= 15 is 0 Å². The Morgan fingerprint density at radius 2 is 1.64 bits per heavy atom. The van der Waals surface area contributed by atoms with Crippen LogP contribution in [0, 0.1) is 0 Å². The minimum Gasteiger partial charge on any atom is -0.379 e. The first-order valence-electron chi connectivity index (χ1n) is 5.22. The predicted molar refractivity (Wildman–Crippen MR) is 68.4 cm³/mol. The van der Waals surface area contributed by atoms with Crippen molar-refractivity contribution in [1.82, 2.24) is 0 Å². The maximum atomic E-state index is 5.60. The van der Waals surface area contributed by atoms with Crippen molar-refractivity contribution in [2.75, 3.05) is 31.8 Å². The van der Waals surface area contributed by atoms with Gasteiger partial charge in [-0.2, -0.15) is 0 Å². The van der Waals surface area contributed by atoms with E-state index in [9.17, 15) is 0 Å². The standard InChI is InChI=1S/C10H23BrO2Si/c1-10(2,14(3)4)9-13-8-7-12-6-5-11/h14H,5-9H2,1-4H3. The third kappa shape index (κ3) is 6.98. The highest BCUT2D eigenvalue weighted by Gasteiger charge is 2.23. The van der Waals surface area contributed by atoms with Crippen LogP contribution in [0.3, 0.4) is 0 Å². The van der Waals surface area contributed by atoms with Gasteiger partial charge in [0.05, 0.1) is 19.8 Å². The van der Waals surface area contributed by atoms with Gasteiger partial charge in [-0.3, -0.25) is 0 Å². The molecule has 0 aromatic heterocycles. The second-order valence-electron chi connectivity index (χ2n) is 4.50. The SMILES string of the molecule is C[SiH](C)C(C)(C)COCCOCCBr. The van der Waals surface area contributed by atoms with Gasteiger partial charge in [-0.1, -0.05) is 42.9 Å². The topological polar surface area (TPSA) is 18.5 Å². The van der Waals surface area contributed by atoms with Crippen LogP contribution in [0.1, 0.15) is 13.8 Å². The summed E-state index contributed by atoms with van der Waals surface area (Å²) in [5.41, 5.74) is 0. The van der Waals surface area contributed by atoms with Crippen LogP contribution in [0.2, 0.25) is 18.1 Å². The number of alkyl halides is 1. The van der Waals surface area contributed by atoms with Gasteiger partial charge in [0.1, 0.15) is 0 Å². The zero-order valence-electron chi connectivity index (χ0n) is 9.81. The van der Waals surface area contributed by atoms with Crippen molar-refractivity contribution in [1.29, 1.82) is 0 Å². The molecule has 0 rings (SSSR count). The third-order valence-corrected chi connectivity index (χ3v) is 6.25. The van der Waals surface area contributed by atoms with Crippen LogP contribution in [0.15, 0.2) is 0 Å². The molecular formula is C10H23BrO2Si. The van der Waals surface area contributed by atoms with E-state index in [0.717, 1.165) is 25.2 Å². The lowest BCUT2D eigenvalue weighted by atomic mass is 10.2. The van der Waals surface area contributed by atoms with Gasteiger partial charge in [-0.05, 0) is 5.04 Å². The average molecular weight is 283 g/mol. The molecule has 0 aliphatic rings. The molecule has 0 bridgehead atoms. The van der Waals surface area contributed by atoms with E-state index in [2.05, 4.69) is 42.9 Å². The van der Waals surface area contributed by atoms with Crippen LogP contribution in [0.4, 0.5) is 0 Å². The lowest BCUT2D eigenvalue weighted by Crippen LogP contribution is -2.27. The van der Waals surface area contributed by atoms with Crippen molar-refractivity contribution in [3.63, 3.8) is 0 Å². The van der Waals surface area contributed by atoms with Gasteiger partial charge >= 0.3 is 0 Å². The van der Waals surface area contributed by atoms with Gasteiger partial charge in [0.25, 0.3) is 0 Å². The molecular weight excluding hydrogens is 260 g/mol. The van der Waals surface area contributed by atoms with Crippen LogP contribution in [-0.2, 0) is 9.47 Å². The summed E-state index contributed by atoms with van der Waals surface area (Å²) in [5, 5.41) is 1.30. The van der Waals surface area contributed by atoms with Gasteiger partial charge in [-0.15, -0.1) is 0 Å². The largest absolute Gasteiger partial charge is 0.379 e. The highest BCUT2D eigenvalue weighted by molar-refractivity contribution is 9.09. The molecule has 0 fully saturated rings. The fraction of sp³-hybridized carbons (Fsp3) is 1.00. The number of ether oxygens (including phenoxy) is 2. The van der Waals surface area contributed by atoms with Crippen molar-refractivity contribution in [3.05, 3.63) is 0 Å². The normalized spacial score (nSPS) is 12.4. The third-order valence-electron chi connectivity index (χ3n) is 2.63. The quantitative estimate of drug-likeness (QED) is 0.387. The molecule has 0 heterocycles. The lowest BCUT2D eigenvalue weighted by Gasteiger charge is -2.27. The molecule has 0 spiro atoms. The van der Waals surface area contributed by atoms with E-state index in [1.54, 1.807) is 0 Å². The molecule has 0 saturated heterocycles. The van der Waals surface area contributed by atoms with E-state index in [4.69, 9.17) is 9.47 Å². The van der Waals surface area contributed by atoms with Crippen molar-refractivity contribution >= 4 is 24.7 Å². The van der Waals surface area contributed by atoms with Crippen molar-refractivity contribution in [2.24, 2.45) is 0 Å². The molecule has 14 heavy (non-hydrogen) atoms. The Morgan fingerprint density at radius 3 is 2.14 bits per heavy atom. The van der Waals surface area contributed by atoms with E-state index < -0.39 is 8.80 Å². The summed E-state index contributed by atoms with van der Waals surface area (Å²) in [4.78, 5) is 0. The van der Waals surface area contributed by atoms with Crippen molar-refractivity contribution < 1.29 is 9.47 Å². The molecule has 0 radical (unpaired) electrons.